The Hall–Kier alpha value is -5.62. The van der Waals surface area contributed by atoms with E-state index in [4.69, 9.17) is 67.3 Å². The van der Waals surface area contributed by atoms with Gasteiger partial charge in [0, 0.05) is 5.56 Å². The minimum atomic E-state index is -5.50. The van der Waals surface area contributed by atoms with Crippen LogP contribution in [0.3, 0.4) is 0 Å². The number of aliphatic hydroxyl groups is 2. The molecule has 0 unspecified atom stereocenters. The highest BCUT2D eigenvalue weighted by molar-refractivity contribution is 6.67. The molecule has 0 bridgehead atoms. The fourth-order valence-corrected chi connectivity index (χ4v) is 4.21. The molecule has 0 amide bonds. The molecular weight excluding hydrogens is 1050 g/mol. The van der Waals surface area contributed by atoms with Crippen LogP contribution in [0.15, 0.2) is 92.5 Å². The second-order valence-corrected chi connectivity index (χ2v) is 13.6. The normalized spacial score (nSPS) is 9.37. The summed E-state index contributed by atoms with van der Waals surface area (Å²) in [6.45, 7) is 21.2. The van der Waals surface area contributed by atoms with Crippen LogP contribution in [0.25, 0.3) is 18.2 Å². The molecule has 75 heavy (non-hydrogen) atoms. The number of alkyl halides is 8. The number of carbonyl (C=O) groups excluding carboxylic acids is 3. The number of hydrogen-bond donors (Lipinski definition) is 2. The standard InChI is InChI=1S/C19H16O4.C9H7ClO.C9H14F6O3.C6H15N.C6H2.CH2Cl2.CH4O2.4CH4/c1-3-14-5-9-16(10-6-14)18(20)22-13-23-19(21)17-11-7-15(4-2)8-12-17;1-2-7-3-5-8(6-4-7)9(10)11;1-3-5-16-7(10,11)8(12,13)18-9(14,15)17-6-4-2;1-4-7(5-2)6-3;1-3-5-6-4-2;2*2-1-3;;;;/h3-12H,1-2,13H2;2-6H,1H2;3-6H2,1-2H3;4-6H2,1-3H3;1-2H;1H2;2-3H,1H2;4*1H4. The average Bonchev–Trinajstić information content (AvgIpc) is 3.36. The lowest BCUT2D eigenvalue weighted by Crippen LogP contribution is -2.49. The van der Waals surface area contributed by atoms with E-state index >= 15 is 0 Å². The van der Waals surface area contributed by atoms with Crippen LogP contribution in [0.2, 0.25) is 0 Å². The van der Waals surface area contributed by atoms with Gasteiger partial charge in [0.25, 0.3) is 5.24 Å². The van der Waals surface area contributed by atoms with Crippen LogP contribution in [0.5, 0.6) is 0 Å². The summed E-state index contributed by atoms with van der Waals surface area (Å²) < 4.78 is 96.0. The second-order valence-electron chi connectivity index (χ2n) is 12.4. The molecule has 2 N–H and O–H groups in total. The molecule has 0 aliphatic heterocycles. The summed E-state index contributed by atoms with van der Waals surface area (Å²) in [6, 6.07) is 20.4. The van der Waals surface area contributed by atoms with E-state index in [1.54, 1.807) is 91.0 Å². The molecular formula is C55H76Cl3F6NO10. The van der Waals surface area contributed by atoms with Crippen LogP contribution in [-0.4, -0.2) is 103 Å². The number of benzene rings is 3. The quantitative estimate of drug-likeness (QED) is 0.0279. The summed E-state index contributed by atoms with van der Waals surface area (Å²) in [4.78, 5) is 36.6. The Balaban J connectivity index is -0.000000128. The summed E-state index contributed by atoms with van der Waals surface area (Å²) in [5, 5.41) is 14.0. The van der Waals surface area contributed by atoms with Crippen molar-refractivity contribution in [2.45, 2.75) is 95.7 Å². The van der Waals surface area contributed by atoms with Crippen molar-refractivity contribution in [3.8, 4) is 36.5 Å². The lowest BCUT2D eigenvalue weighted by atomic mass is 10.1. The number of nitrogens with zero attached hydrogens (tertiary/aromatic N) is 1. The van der Waals surface area contributed by atoms with Gasteiger partial charge in [-0.25, -0.2) is 14.3 Å². The summed E-state index contributed by atoms with van der Waals surface area (Å²) in [5.74, 6) is 7.49. The van der Waals surface area contributed by atoms with Gasteiger partial charge in [-0.3, -0.25) is 9.53 Å². The zero-order valence-corrected chi connectivity index (χ0v) is 42.3. The molecule has 0 aliphatic carbocycles. The number of hydrogen-bond acceptors (Lipinski definition) is 11. The van der Waals surface area contributed by atoms with Crippen molar-refractivity contribution in [1.82, 2.24) is 4.90 Å². The first-order valence-electron chi connectivity index (χ1n) is 20.8. The van der Waals surface area contributed by atoms with Crippen molar-refractivity contribution in [3.05, 3.63) is 126 Å². The molecule has 0 heterocycles. The lowest BCUT2D eigenvalue weighted by molar-refractivity contribution is -0.526. The molecule has 3 aromatic carbocycles. The van der Waals surface area contributed by atoms with E-state index in [-0.39, 0.29) is 47.9 Å². The number of rotatable bonds is 20. The summed E-state index contributed by atoms with van der Waals surface area (Å²) in [6.07, 6.45) is -0.949. The highest BCUT2D eigenvalue weighted by Crippen LogP contribution is 2.40. The zero-order chi connectivity index (χ0) is 55.3. The van der Waals surface area contributed by atoms with Crippen molar-refractivity contribution in [2.24, 2.45) is 0 Å². The van der Waals surface area contributed by atoms with Crippen molar-refractivity contribution < 1.29 is 74.6 Å². The van der Waals surface area contributed by atoms with Crippen LogP contribution < -0.4 is 0 Å². The van der Waals surface area contributed by atoms with Gasteiger partial charge in [-0.1, -0.05) is 139 Å². The molecule has 424 valence electrons. The fourth-order valence-electron chi connectivity index (χ4n) is 4.08. The van der Waals surface area contributed by atoms with E-state index in [0.717, 1.165) is 16.7 Å². The number of ether oxygens (including phenoxy) is 5. The number of aliphatic hydroxyl groups excluding tert-OH is 1. The van der Waals surface area contributed by atoms with Crippen LogP contribution in [0, 0.1) is 36.5 Å². The van der Waals surface area contributed by atoms with Crippen LogP contribution in [0.1, 0.15) is 125 Å². The Morgan fingerprint density at radius 2 is 0.893 bits per heavy atom. The van der Waals surface area contributed by atoms with Gasteiger partial charge >= 0.3 is 30.5 Å². The highest BCUT2D eigenvalue weighted by Gasteiger charge is 2.64. The molecule has 11 nitrogen and oxygen atoms in total. The van der Waals surface area contributed by atoms with E-state index in [1.165, 1.54) is 33.5 Å². The fraction of sp³-hybridized carbons (Fsp3) is 0.400. The number of esters is 2. The van der Waals surface area contributed by atoms with Crippen LogP contribution in [0.4, 0.5) is 26.3 Å². The molecule has 3 rings (SSSR count). The predicted octanol–water partition coefficient (Wildman–Crippen LogP) is 14.7. The average molecular weight is 1130 g/mol. The van der Waals surface area contributed by atoms with Gasteiger partial charge in [0.1, 0.15) is 6.79 Å². The third-order valence-corrected chi connectivity index (χ3v) is 7.83. The topological polar surface area (TPSA) is 141 Å². The van der Waals surface area contributed by atoms with Gasteiger partial charge in [0.15, 0.2) is 0 Å². The summed E-state index contributed by atoms with van der Waals surface area (Å²) in [5.41, 5.74) is 4.04. The largest absolute Gasteiger partial charge is 0.490 e. The van der Waals surface area contributed by atoms with E-state index < -0.39 is 62.5 Å². The second kappa shape index (κ2) is 53.2. The summed E-state index contributed by atoms with van der Waals surface area (Å²) in [7, 11) is 0. The number of terminal acetylenes is 2. The minimum absolute atomic E-state index is 0. The third kappa shape index (κ3) is 44.4. The molecule has 0 saturated carbocycles. The first kappa shape index (κ1) is 86.1. The first-order chi connectivity index (χ1) is 33.5. The Bertz CT molecular complexity index is 1990. The molecule has 0 radical (unpaired) electrons. The Morgan fingerprint density at radius 3 is 1.13 bits per heavy atom. The number of halogens is 9. The van der Waals surface area contributed by atoms with Gasteiger partial charge < -0.3 is 29.3 Å². The van der Waals surface area contributed by atoms with E-state index in [9.17, 15) is 40.7 Å². The molecule has 0 saturated heterocycles. The molecule has 0 aromatic heterocycles. The van der Waals surface area contributed by atoms with Crippen molar-refractivity contribution in [3.63, 3.8) is 0 Å². The van der Waals surface area contributed by atoms with Crippen molar-refractivity contribution >= 4 is 70.2 Å². The Kier molecular flexibility index (Phi) is 61.1. The molecule has 20 heteroatoms. The van der Waals surface area contributed by atoms with Gasteiger partial charge in [-0.15, -0.1) is 44.8 Å². The summed E-state index contributed by atoms with van der Waals surface area (Å²) >= 11 is 14.8. The third-order valence-electron chi connectivity index (χ3n) is 7.61. The first-order valence-corrected chi connectivity index (χ1v) is 22.3. The maximum Gasteiger partial charge on any atom is 0.490 e. The maximum atomic E-state index is 12.8. The minimum Gasteiger partial charge on any atom is -0.424 e. The van der Waals surface area contributed by atoms with Gasteiger partial charge in [0.05, 0.1) is 29.7 Å². The molecule has 0 spiro atoms. The van der Waals surface area contributed by atoms with E-state index in [0.29, 0.717) is 16.7 Å². The maximum absolute atomic E-state index is 12.8. The van der Waals surface area contributed by atoms with Gasteiger partial charge in [-0.05, 0) is 121 Å². The SMILES string of the molecule is C.C.C.C.C#CC#CC#C.C=Cc1ccc(C(=O)Cl)cc1.C=Cc1ccc(C(=O)OCOC(=O)c2ccc(C=C)cc2)cc1.CCCOC(F)(F)OC(F)(F)C(F)(F)OCCC.CCN(CC)CC.ClCCl.OCO. The van der Waals surface area contributed by atoms with Crippen LogP contribution >= 0.6 is 34.8 Å². The molecule has 0 fully saturated rings. The monoisotopic (exact) mass is 1130 g/mol. The van der Waals surface area contributed by atoms with Crippen molar-refractivity contribution in [2.75, 3.05) is 51.8 Å². The highest BCUT2D eigenvalue weighted by atomic mass is 35.5. The number of carbonyl (C=O) groups is 3. The smallest absolute Gasteiger partial charge is 0.424 e. The predicted molar refractivity (Wildman–Crippen MR) is 296 cm³/mol. The van der Waals surface area contributed by atoms with Gasteiger partial charge in [-0.2, -0.15) is 17.6 Å². The Labute approximate surface area is 457 Å². The van der Waals surface area contributed by atoms with Crippen LogP contribution in [-0.2, 0) is 23.7 Å². The zero-order valence-electron chi connectivity index (χ0n) is 40.0. The van der Waals surface area contributed by atoms with E-state index in [2.05, 4.69) is 83.3 Å². The molecule has 0 aliphatic rings. The molecule has 3 aromatic rings. The Morgan fingerprint density at radius 1 is 0.600 bits per heavy atom. The molecule has 0 atom stereocenters. The van der Waals surface area contributed by atoms with Crippen molar-refractivity contribution in [1.29, 1.82) is 0 Å². The lowest BCUT2D eigenvalue weighted by Gasteiger charge is -2.28. The van der Waals surface area contributed by atoms with Gasteiger partial charge in [0.2, 0.25) is 6.79 Å². The van der Waals surface area contributed by atoms with E-state index in [1.807, 2.05) is 0 Å².